The van der Waals surface area contributed by atoms with E-state index in [9.17, 15) is 4.79 Å². The van der Waals surface area contributed by atoms with Crippen LogP contribution in [0.5, 0.6) is 0 Å². The number of hydrogen-bond donors (Lipinski definition) is 2. The second-order valence-corrected chi connectivity index (χ2v) is 4.20. The average Bonchev–Trinajstić information content (AvgIpc) is 2.94. The zero-order valence-electron chi connectivity index (χ0n) is 10.5. The Hall–Kier alpha value is -1.87. The molecule has 100 valence electrons. The molecule has 0 spiro atoms. The van der Waals surface area contributed by atoms with Crippen molar-refractivity contribution >= 4 is 11.6 Å². The fraction of sp³-hybridized carbons (Fsp3) is 0.357. The van der Waals surface area contributed by atoms with Crippen molar-refractivity contribution in [3.05, 3.63) is 29.8 Å². The maximum atomic E-state index is 11.7. The lowest BCUT2D eigenvalue weighted by Gasteiger charge is -2.12. The van der Waals surface area contributed by atoms with Crippen LogP contribution in [0.15, 0.2) is 24.3 Å². The third kappa shape index (κ3) is 3.55. The van der Waals surface area contributed by atoms with E-state index in [1.807, 2.05) is 12.1 Å². The second kappa shape index (κ2) is 6.34. The molecule has 1 aliphatic rings. The Labute approximate surface area is 112 Å². The Morgan fingerprint density at radius 3 is 2.63 bits per heavy atom. The van der Waals surface area contributed by atoms with Crippen LogP contribution in [0.3, 0.4) is 0 Å². The first-order valence-electron chi connectivity index (χ1n) is 6.04. The molecule has 2 rings (SSSR count). The largest absolute Gasteiger partial charge is 0.346 e. The molecule has 3 N–H and O–H groups in total. The highest BCUT2D eigenvalue weighted by molar-refractivity contribution is 5.94. The highest BCUT2D eigenvalue weighted by Crippen LogP contribution is 2.24. The summed E-state index contributed by atoms with van der Waals surface area (Å²) in [4.78, 5) is 11.7. The SMILES string of the molecule is C#CCC(N)C(=O)Nc1ccc(C2OCCO2)cc1. The molecule has 1 saturated heterocycles. The Kier molecular flexibility index (Phi) is 4.53. The molecule has 0 aromatic heterocycles. The summed E-state index contributed by atoms with van der Waals surface area (Å²) < 4.78 is 10.8. The maximum Gasteiger partial charge on any atom is 0.242 e. The van der Waals surface area contributed by atoms with Crippen LogP contribution in [0.2, 0.25) is 0 Å². The van der Waals surface area contributed by atoms with Gasteiger partial charge >= 0.3 is 0 Å². The van der Waals surface area contributed by atoms with E-state index >= 15 is 0 Å². The number of benzene rings is 1. The number of rotatable bonds is 4. The minimum Gasteiger partial charge on any atom is -0.346 e. The number of carbonyl (C=O) groups is 1. The molecule has 1 aromatic rings. The van der Waals surface area contributed by atoms with Gasteiger partial charge < -0.3 is 20.5 Å². The van der Waals surface area contributed by atoms with Gasteiger partial charge in [0.15, 0.2) is 6.29 Å². The smallest absolute Gasteiger partial charge is 0.242 e. The van der Waals surface area contributed by atoms with Gasteiger partial charge in [-0.25, -0.2) is 0 Å². The number of nitrogens with one attached hydrogen (secondary N) is 1. The fourth-order valence-corrected chi connectivity index (χ4v) is 1.73. The van der Waals surface area contributed by atoms with E-state index in [0.29, 0.717) is 18.9 Å². The summed E-state index contributed by atoms with van der Waals surface area (Å²) in [6, 6.07) is 6.56. The van der Waals surface area contributed by atoms with Gasteiger partial charge in [-0.1, -0.05) is 12.1 Å². The van der Waals surface area contributed by atoms with E-state index in [2.05, 4.69) is 11.2 Å². The van der Waals surface area contributed by atoms with Gasteiger partial charge in [0, 0.05) is 17.7 Å². The van der Waals surface area contributed by atoms with Crippen LogP contribution in [0, 0.1) is 12.3 Å². The van der Waals surface area contributed by atoms with Crippen molar-refractivity contribution in [3.63, 3.8) is 0 Å². The highest BCUT2D eigenvalue weighted by atomic mass is 16.7. The van der Waals surface area contributed by atoms with Crippen LogP contribution in [-0.4, -0.2) is 25.2 Å². The van der Waals surface area contributed by atoms with Gasteiger partial charge in [0.05, 0.1) is 19.3 Å². The lowest BCUT2D eigenvalue weighted by molar-refractivity contribution is -0.117. The molecule has 5 nitrogen and oxygen atoms in total. The van der Waals surface area contributed by atoms with Crippen LogP contribution in [0.25, 0.3) is 0 Å². The van der Waals surface area contributed by atoms with Crippen molar-refractivity contribution < 1.29 is 14.3 Å². The Balaban J connectivity index is 1.95. The summed E-state index contributed by atoms with van der Waals surface area (Å²) >= 11 is 0. The van der Waals surface area contributed by atoms with Gasteiger partial charge in [-0.15, -0.1) is 12.3 Å². The molecule has 0 saturated carbocycles. The van der Waals surface area contributed by atoms with Crippen molar-refractivity contribution in [2.45, 2.75) is 18.8 Å². The van der Waals surface area contributed by atoms with Gasteiger partial charge in [0.25, 0.3) is 0 Å². The normalized spacial score (nSPS) is 16.8. The van der Waals surface area contributed by atoms with Gasteiger partial charge in [0.2, 0.25) is 5.91 Å². The molecular weight excluding hydrogens is 244 g/mol. The molecule has 5 heteroatoms. The minimum atomic E-state index is -0.689. The van der Waals surface area contributed by atoms with E-state index in [1.54, 1.807) is 12.1 Å². The van der Waals surface area contributed by atoms with Gasteiger partial charge in [0.1, 0.15) is 0 Å². The first-order chi connectivity index (χ1) is 9.20. The summed E-state index contributed by atoms with van der Waals surface area (Å²) in [5.74, 6) is 2.07. The summed E-state index contributed by atoms with van der Waals surface area (Å²) in [7, 11) is 0. The molecule has 1 fully saturated rings. The molecule has 0 bridgehead atoms. The van der Waals surface area contributed by atoms with Crippen LogP contribution in [0.1, 0.15) is 18.3 Å². The Bertz CT molecular complexity index is 472. The van der Waals surface area contributed by atoms with Crippen LogP contribution >= 0.6 is 0 Å². The molecule has 1 aromatic carbocycles. The predicted octanol–water partition coefficient (Wildman–Crippen LogP) is 1.02. The summed E-state index contributed by atoms with van der Waals surface area (Å²) in [6.45, 7) is 1.20. The standard InChI is InChI=1S/C14H16N2O3/c1-2-3-12(15)13(17)16-11-6-4-10(5-7-11)14-18-8-9-19-14/h1,4-7,12,14H,3,8-9,15H2,(H,16,17). The van der Waals surface area contributed by atoms with Gasteiger partial charge in [-0.05, 0) is 12.1 Å². The average molecular weight is 260 g/mol. The van der Waals surface area contributed by atoms with Gasteiger partial charge in [-0.2, -0.15) is 0 Å². The number of hydrogen-bond acceptors (Lipinski definition) is 4. The third-order valence-electron chi connectivity index (χ3n) is 2.75. The van der Waals surface area contributed by atoms with Crippen molar-refractivity contribution in [2.75, 3.05) is 18.5 Å². The lowest BCUT2D eigenvalue weighted by Crippen LogP contribution is -2.35. The molecule has 19 heavy (non-hydrogen) atoms. The molecule has 1 atom stereocenters. The predicted molar refractivity (Wildman–Crippen MR) is 71.1 cm³/mol. The topological polar surface area (TPSA) is 73.6 Å². The van der Waals surface area contributed by atoms with E-state index in [4.69, 9.17) is 21.6 Å². The van der Waals surface area contributed by atoms with Crippen LogP contribution < -0.4 is 11.1 Å². The number of terminal acetylenes is 1. The molecule has 1 aliphatic heterocycles. The second-order valence-electron chi connectivity index (χ2n) is 4.20. The van der Waals surface area contributed by atoms with E-state index in [0.717, 1.165) is 5.56 Å². The maximum absolute atomic E-state index is 11.7. The Morgan fingerprint density at radius 2 is 2.05 bits per heavy atom. The van der Waals surface area contributed by atoms with Crippen molar-refractivity contribution in [3.8, 4) is 12.3 Å². The molecule has 1 heterocycles. The number of ether oxygens (including phenoxy) is 2. The molecular formula is C14H16N2O3. The van der Waals surface area contributed by atoms with Crippen LogP contribution in [-0.2, 0) is 14.3 Å². The van der Waals surface area contributed by atoms with Gasteiger partial charge in [-0.3, -0.25) is 4.79 Å². The molecule has 1 unspecified atom stereocenters. The first kappa shape index (κ1) is 13.6. The minimum absolute atomic E-state index is 0.216. The molecule has 0 aliphatic carbocycles. The van der Waals surface area contributed by atoms with Crippen molar-refractivity contribution in [1.29, 1.82) is 0 Å². The van der Waals surface area contributed by atoms with E-state index < -0.39 is 6.04 Å². The molecule has 1 amide bonds. The first-order valence-corrected chi connectivity index (χ1v) is 6.04. The summed E-state index contributed by atoms with van der Waals surface area (Å²) in [5, 5.41) is 2.70. The number of anilines is 1. The Morgan fingerprint density at radius 1 is 1.42 bits per heavy atom. The zero-order chi connectivity index (χ0) is 13.7. The summed E-state index contributed by atoms with van der Waals surface area (Å²) in [5.41, 5.74) is 7.20. The highest BCUT2D eigenvalue weighted by Gasteiger charge is 2.18. The summed E-state index contributed by atoms with van der Waals surface area (Å²) in [6.07, 6.45) is 5.02. The third-order valence-corrected chi connectivity index (χ3v) is 2.75. The quantitative estimate of drug-likeness (QED) is 0.793. The van der Waals surface area contributed by atoms with E-state index in [1.165, 1.54) is 0 Å². The fourth-order valence-electron chi connectivity index (χ4n) is 1.73. The number of amides is 1. The van der Waals surface area contributed by atoms with E-state index in [-0.39, 0.29) is 18.6 Å². The lowest BCUT2D eigenvalue weighted by atomic mass is 10.1. The number of carbonyl (C=O) groups excluding carboxylic acids is 1. The monoisotopic (exact) mass is 260 g/mol. The van der Waals surface area contributed by atoms with Crippen molar-refractivity contribution in [1.82, 2.24) is 0 Å². The van der Waals surface area contributed by atoms with Crippen LogP contribution in [0.4, 0.5) is 5.69 Å². The van der Waals surface area contributed by atoms with Crippen molar-refractivity contribution in [2.24, 2.45) is 5.73 Å². The zero-order valence-corrected chi connectivity index (χ0v) is 10.5. The number of nitrogens with two attached hydrogens (primary N) is 1. The molecule has 0 radical (unpaired) electrons.